The molecule has 0 fully saturated rings. The monoisotopic (exact) mass is 419 g/mol. The lowest BCUT2D eigenvalue weighted by atomic mass is 10.1. The van der Waals surface area contributed by atoms with E-state index in [9.17, 15) is 4.79 Å². The fraction of sp³-hybridized carbons (Fsp3) is 0.273. The van der Waals surface area contributed by atoms with Crippen LogP contribution in [0, 0.1) is 6.92 Å². The first-order valence-corrected chi connectivity index (χ1v) is 10.0. The molecule has 2 aromatic carbocycles. The number of aryl methyl sites for hydroxylation is 2. The average Bonchev–Trinajstić information content (AvgIpc) is 3.32. The lowest BCUT2D eigenvalue weighted by Crippen LogP contribution is -2.34. The van der Waals surface area contributed by atoms with Crippen molar-refractivity contribution in [3.63, 3.8) is 0 Å². The van der Waals surface area contributed by atoms with Gasteiger partial charge in [0.2, 0.25) is 5.95 Å². The Morgan fingerprint density at radius 1 is 1.23 bits per heavy atom. The van der Waals surface area contributed by atoms with Crippen molar-refractivity contribution in [2.45, 2.75) is 26.8 Å². The van der Waals surface area contributed by atoms with Crippen LogP contribution in [0.3, 0.4) is 0 Å². The molecule has 0 saturated heterocycles. The zero-order chi connectivity index (χ0) is 22.0. The molecule has 0 aliphatic carbocycles. The Labute approximate surface area is 179 Å². The van der Waals surface area contributed by atoms with Crippen LogP contribution in [-0.4, -0.2) is 43.5 Å². The molecule has 0 aliphatic heterocycles. The zero-order valence-electron chi connectivity index (χ0n) is 17.9. The highest BCUT2D eigenvalue weighted by atomic mass is 16.5. The number of aromatic amines is 1. The smallest absolute Gasteiger partial charge is 0.258 e. The third-order valence-corrected chi connectivity index (χ3v) is 4.72. The van der Waals surface area contributed by atoms with Gasteiger partial charge in [-0.05, 0) is 62.7 Å². The van der Waals surface area contributed by atoms with Gasteiger partial charge in [0, 0.05) is 29.7 Å². The summed E-state index contributed by atoms with van der Waals surface area (Å²) in [5.41, 5.74) is 3.73. The standard InChI is InChI=1S/C22H25N7O2/c1-13(2)24-20(30)12-31-17-6-7-18(14(3)9-17)21-26-22(29(4)28-21)25-16-5-8-19-15(10-16)11-23-27-19/h5-11,13H,12H2,1-4H3,(H,23,27)(H,24,30)(H,25,26,28). The van der Waals surface area contributed by atoms with E-state index < -0.39 is 0 Å². The Morgan fingerprint density at radius 3 is 2.84 bits per heavy atom. The van der Waals surface area contributed by atoms with Gasteiger partial charge in [0.25, 0.3) is 5.91 Å². The van der Waals surface area contributed by atoms with Crippen LogP contribution in [0.25, 0.3) is 22.3 Å². The van der Waals surface area contributed by atoms with Crippen LogP contribution in [0.4, 0.5) is 11.6 Å². The summed E-state index contributed by atoms with van der Waals surface area (Å²) < 4.78 is 7.30. The van der Waals surface area contributed by atoms with Gasteiger partial charge in [-0.1, -0.05) is 0 Å². The second-order valence-corrected chi connectivity index (χ2v) is 7.67. The third-order valence-electron chi connectivity index (χ3n) is 4.72. The minimum Gasteiger partial charge on any atom is -0.484 e. The number of nitrogens with zero attached hydrogens (tertiary/aromatic N) is 4. The number of carbonyl (C=O) groups is 1. The molecule has 0 spiro atoms. The number of amides is 1. The molecule has 0 unspecified atom stereocenters. The van der Waals surface area contributed by atoms with Crippen molar-refractivity contribution < 1.29 is 9.53 Å². The molecule has 0 aliphatic rings. The molecule has 160 valence electrons. The average molecular weight is 419 g/mol. The Kier molecular flexibility index (Phi) is 5.57. The van der Waals surface area contributed by atoms with Gasteiger partial charge in [-0.2, -0.15) is 10.1 Å². The topological polar surface area (TPSA) is 110 Å². The van der Waals surface area contributed by atoms with Crippen molar-refractivity contribution in [3.8, 4) is 17.1 Å². The number of H-pyrrole nitrogens is 1. The van der Waals surface area contributed by atoms with E-state index in [1.807, 2.05) is 64.2 Å². The molecule has 4 rings (SSSR count). The molecular weight excluding hydrogens is 394 g/mol. The van der Waals surface area contributed by atoms with E-state index >= 15 is 0 Å². The van der Waals surface area contributed by atoms with E-state index in [-0.39, 0.29) is 18.6 Å². The van der Waals surface area contributed by atoms with Gasteiger partial charge < -0.3 is 15.4 Å². The maximum Gasteiger partial charge on any atom is 0.258 e. The van der Waals surface area contributed by atoms with Crippen LogP contribution >= 0.6 is 0 Å². The van der Waals surface area contributed by atoms with E-state index in [2.05, 4.69) is 30.9 Å². The van der Waals surface area contributed by atoms with E-state index in [4.69, 9.17) is 4.74 Å². The number of hydrogen-bond acceptors (Lipinski definition) is 6. The summed E-state index contributed by atoms with van der Waals surface area (Å²) in [6.45, 7) is 5.77. The lowest BCUT2D eigenvalue weighted by molar-refractivity contribution is -0.123. The summed E-state index contributed by atoms with van der Waals surface area (Å²) in [7, 11) is 1.84. The van der Waals surface area contributed by atoms with Gasteiger partial charge in [0.1, 0.15) is 5.75 Å². The van der Waals surface area contributed by atoms with E-state index in [0.29, 0.717) is 17.5 Å². The van der Waals surface area contributed by atoms with E-state index in [1.165, 1.54) is 0 Å². The number of fused-ring (bicyclic) bond motifs is 1. The fourth-order valence-electron chi connectivity index (χ4n) is 3.25. The third kappa shape index (κ3) is 4.66. The van der Waals surface area contributed by atoms with Crippen molar-refractivity contribution in [3.05, 3.63) is 48.2 Å². The largest absolute Gasteiger partial charge is 0.484 e. The SMILES string of the molecule is Cc1cc(OCC(=O)NC(C)C)ccc1-c1nc(Nc2ccc3[nH]ncc3c2)n(C)n1. The van der Waals surface area contributed by atoms with Crippen LogP contribution < -0.4 is 15.4 Å². The number of benzene rings is 2. The number of rotatable bonds is 7. The van der Waals surface area contributed by atoms with Crippen molar-refractivity contribution in [1.29, 1.82) is 0 Å². The van der Waals surface area contributed by atoms with Gasteiger partial charge in [-0.3, -0.25) is 9.89 Å². The normalized spacial score (nSPS) is 11.1. The Hall–Kier alpha value is -3.88. The first kappa shape index (κ1) is 20.4. The van der Waals surface area contributed by atoms with Gasteiger partial charge in [0.15, 0.2) is 12.4 Å². The van der Waals surface area contributed by atoms with Crippen LogP contribution in [0.15, 0.2) is 42.6 Å². The highest BCUT2D eigenvalue weighted by Crippen LogP contribution is 2.27. The molecule has 0 radical (unpaired) electrons. The highest BCUT2D eigenvalue weighted by molar-refractivity contribution is 5.82. The quantitative estimate of drug-likeness (QED) is 0.424. The molecule has 9 heteroatoms. The molecule has 4 aromatic rings. The number of hydrogen-bond donors (Lipinski definition) is 3. The van der Waals surface area contributed by atoms with Crippen molar-refractivity contribution in [2.75, 3.05) is 11.9 Å². The molecule has 0 atom stereocenters. The maximum atomic E-state index is 11.8. The molecule has 0 saturated carbocycles. The van der Waals surface area contributed by atoms with Crippen LogP contribution in [0.1, 0.15) is 19.4 Å². The predicted octanol–water partition coefficient (Wildman–Crippen LogP) is 3.31. The highest BCUT2D eigenvalue weighted by Gasteiger charge is 2.13. The number of anilines is 2. The zero-order valence-corrected chi connectivity index (χ0v) is 17.9. The summed E-state index contributed by atoms with van der Waals surface area (Å²) >= 11 is 0. The second-order valence-electron chi connectivity index (χ2n) is 7.67. The van der Waals surface area contributed by atoms with Crippen LogP contribution in [-0.2, 0) is 11.8 Å². The molecule has 9 nitrogen and oxygen atoms in total. The summed E-state index contributed by atoms with van der Waals surface area (Å²) in [5.74, 6) is 1.72. The van der Waals surface area contributed by atoms with Crippen LogP contribution in [0.5, 0.6) is 5.75 Å². The summed E-state index contributed by atoms with van der Waals surface area (Å²) in [6, 6.07) is 11.6. The second kappa shape index (κ2) is 8.47. The van der Waals surface area contributed by atoms with Gasteiger partial charge in [-0.25, -0.2) is 4.68 Å². The van der Waals surface area contributed by atoms with Crippen molar-refractivity contribution in [2.24, 2.45) is 7.05 Å². The number of nitrogens with one attached hydrogen (secondary N) is 3. The minimum absolute atomic E-state index is 0.0200. The summed E-state index contributed by atoms with van der Waals surface area (Å²) in [6.07, 6.45) is 1.78. The van der Waals surface area contributed by atoms with E-state index in [1.54, 1.807) is 10.9 Å². The summed E-state index contributed by atoms with van der Waals surface area (Å²) in [4.78, 5) is 16.4. The predicted molar refractivity (Wildman–Crippen MR) is 119 cm³/mol. The molecule has 0 bridgehead atoms. The number of ether oxygens (including phenoxy) is 1. The first-order valence-electron chi connectivity index (χ1n) is 10.0. The molecule has 31 heavy (non-hydrogen) atoms. The van der Waals surface area contributed by atoms with Crippen LogP contribution in [0.2, 0.25) is 0 Å². The van der Waals surface area contributed by atoms with Gasteiger partial charge in [0.05, 0.1) is 11.7 Å². The van der Waals surface area contributed by atoms with Crippen molar-refractivity contribution >= 4 is 28.4 Å². The Bertz CT molecular complexity index is 1230. The molecular formula is C22H25N7O2. The maximum absolute atomic E-state index is 11.8. The number of aromatic nitrogens is 5. The Morgan fingerprint density at radius 2 is 2.06 bits per heavy atom. The Balaban J connectivity index is 1.48. The fourth-order valence-corrected chi connectivity index (χ4v) is 3.25. The van der Waals surface area contributed by atoms with Gasteiger partial charge >= 0.3 is 0 Å². The number of carbonyl (C=O) groups excluding carboxylic acids is 1. The minimum atomic E-state index is -0.146. The first-order chi connectivity index (χ1) is 14.9. The van der Waals surface area contributed by atoms with Crippen molar-refractivity contribution in [1.82, 2.24) is 30.3 Å². The van der Waals surface area contributed by atoms with Gasteiger partial charge in [-0.15, -0.1) is 5.10 Å². The molecule has 2 aromatic heterocycles. The van der Waals surface area contributed by atoms with E-state index in [0.717, 1.165) is 27.7 Å². The summed E-state index contributed by atoms with van der Waals surface area (Å²) in [5, 5.41) is 18.6. The molecule has 3 N–H and O–H groups in total. The molecule has 1 amide bonds. The lowest BCUT2D eigenvalue weighted by Gasteiger charge is -2.11. The molecule has 2 heterocycles.